The number of carbonyl (C=O) groups is 5. The summed E-state index contributed by atoms with van der Waals surface area (Å²) in [6.07, 6.45) is 1.68. The first-order valence-electron chi connectivity index (χ1n) is 14.0. The SMILES string of the molecule is Cc1oc(=O)oc1COC(=O)N1CC[C@@H](N2CCC(=CC3=C(C(=O)O)N4C(=O)[C@@H](NC(=O)C(=NO)c5nsc(N)n5)[C@H]4SC3)C2=O)C1. The van der Waals surface area contributed by atoms with E-state index >= 15 is 0 Å². The van der Waals surface area contributed by atoms with Gasteiger partial charge in [0.2, 0.25) is 17.4 Å². The van der Waals surface area contributed by atoms with Crippen molar-refractivity contribution in [2.24, 2.45) is 5.16 Å². The molecular weight excluding hydrogens is 664 g/mol. The number of rotatable bonds is 8. The molecule has 6 heterocycles. The number of thioether (sulfide) groups is 1. The smallest absolute Gasteiger partial charge is 0.477 e. The highest BCUT2D eigenvalue weighted by molar-refractivity contribution is 8.00. The molecule has 47 heavy (non-hydrogen) atoms. The number of carbonyl (C=O) groups excluding carboxylic acids is 4. The van der Waals surface area contributed by atoms with Crippen molar-refractivity contribution in [2.45, 2.75) is 43.8 Å². The number of nitrogens with zero attached hydrogens (tertiary/aromatic N) is 6. The van der Waals surface area contributed by atoms with E-state index in [9.17, 15) is 39.1 Å². The lowest BCUT2D eigenvalue weighted by Crippen LogP contribution is -2.71. The topological polar surface area (TPSA) is 264 Å². The minimum Gasteiger partial charge on any atom is -0.477 e. The van der Waals surface area contributed by atoms with Gasteiger partial charge in [-0.15, -0.1) is 11.8 Å². The fourth-order valence-corrected chi connectivity index (χ4v) is 7.44. The molecule has 0 spiro atoms. The Hall–Kier alpha value is -5.18. The summed E-state index contributed by atoms with van der Waals surface area (Å²) in [6, 6.07) is -1.41. The first-order chi connectivity index (χ1) is 22.5. The molecule has 5 N–H and O–H groups in total. The number of anilines is 1. The van der Waals surface area contributed by atoms with Crippen molar-refractivity contribution < 1.29 is 47.9 Å². The molecule has 19 nitrogen and oxygen atoms in total. The lowest BCUT2D eigenvalue weighted by atomic mass is 10.0. The highest BCUT2D eigenvalue weighted by atomic mass is 32.2. The van der Waals surface area contributed by atoms with Gasteiger partial charge in [-0.05, 0) is 31.4 Å². The molecule has 3 saturated heterocycles. The average molecular weight is 691 g/mol. The van der Waals surface area contributed by atoms with Gasteiger partial charge >= 0.3 is 17.9 Å². The zero-order valence-corrected chi connectivity index (χ0v) is 26.0. The van der Waals surface area contributed by atoms with Crippen molar-refractivity contribution in [1.82, 2.24) is 29.4 Å². The van der Waals surface area contributed by atoms with Gasteiger partial charge in [-0.1, -0.05) is 5.16 Å². The number of hydrogen-bond donors (Lipinski definition) is 4. The number of ether oxygens (including phenoxy) is 1. The van der Waals surface area contributed by atoms with Crippen LogP contribution < -0.4 is 16.9 Å². The van der Waals surface area contributed by atoms with Crippen LogP contribution in [0.3, 0.4) is 0 Å². The van der Waals surface area contributed by atoms with Crippen LogP contribution in [0.1, 0.15) is 30.2 Å². The molecule has 0 aromatic carbocycles. The predicted molar refractivity (Wildman–Crippen MR) is 159 cm³/mol. The Balaban J connectivity index is 1.09. The summed E-state index contributed by atoms with van der Waals surface area (Å²) in [5.41, 5.74) is 5.29. The molecule has 6 rings (SSSR count). The Morgan fingerprint density at radius 2 is 2.02 bits per heavy atom. The van der Waals surface area contributed by atoms with Crippen LogP contribution >= 0.6 is 23.3 Å². The summed E-state index contributed by atoms with van der Waals surface area (Å²) in [5.74, 6) is -4.02. The maximum atomic E-state index is 13.4. The third-order valence-corrected chi connectivity index (χ3v) is 9.83. The third-order valence-electron chi connectivity index (χ3n) is 7.99. The van der Waals surface area contributed by atoms with Crippen LogP contribution in [0.25, 0.3) is 0 Å². The highest BCUT2D eigenvalue weighted by Crippen LogP contribution is 2.41. The fraction of sp³-hybridized carbons (Fsp3) is 0.423. The minimum atomic E-state index is -1.38. The van der Waals surface area contributed by atoms with Crippen molar-refractivity contribution >= 4 is 63.9 Å². The molecule has 248 valence electrons. The summed E-state index contributed by atoms with van der Waals surface area (Å²) < 4.78 is 18.6. The van der Waals surface area contributed by atoms with Gasteiger partial charge in [-0.2, -0.15) is 9.36 Å². The Labute approximate surface area is 271 Å². The van der Waals surface area contributed by atoms with E-state index in [0.717, 1.165) is 16.4 Å². The number of nitrogen functional groups attached to an aromatic ring is 1. The third kappa shape index (κ3) is 5.93. The van der Waals surface area contributed by atoms with Gasteiger partial charge in [0.25, 0.3) is 11.8 Å². The molecule has 21 heteroatoms. The number of aromatic nitrogens is 2. The van der Waals surface area contributed by atoms with E-state index < -0.39 is 46.8 Å². The van der Waals surface area contributed by atoms with Crippen molar-refractivity contribution in [1.29, 1.82) is 0 Å². The van der Waals surface area contributed by atoms with E-state index in [4.69, 9.17) is 19.3 Å². The lowest BCUT2D eigenvalue weighted by Gasteiger charge is -2.49. The normalized spacial score (nSPS) is 23.8. The van der Waals surface area contributed by atoms with Gasteiger partial charge in [0.15, 0.2) is 23.3 Å². The number of nitrogens with two attached hydrogens (primary N) is 1. The number of likely N-dealkylation sites (tertiary alicyclic amines) is 2. The number of aryl methyl sites for hydroxylation is 1. The van der Waals surface area contributed by atoms with Gasteiger partial charge < -0.3 is 44.7 Å². The molecule has 4 aliphatic rings. The van der Waals surface area contributed by atoms with Gasteiger partial charge in [0, 0.05) is 42.5 Å². The number of fused-ring (bicyclic) bond motifs is 1. The van der Waals surface area contributed by atoms with Crippen LogP contribution in [-0.2, 0) is 30.5 Å². The molecule has 2 aromatic heterocycles. The Morgan fingerprint density at radius 1 is 1.23 bits per heavy atom. The molecule has 4 aliphatic heterocycles. The molecule has 0 radical (unpaired) electrons. The standard InChI is InChI=1S/C26H26N8O11S2/c1-10-14(45-26(41)44-10)8-43-25(40)32-4-3-13(7-32)33-5-2-11(20(33)36)6-12-9-46-22-16(21(37)34(22)17(12)23(38)39)28-19(35)15(30-42)18-29-24(27)47-31-18/h6,13,16,22,42H,2-5,7-9H2,1H3,(H,28,35)(H,38,39)(H2,27,29,31)/t13-,16-,22-/m1/s1. The Morgan fingerprint density at radius 3 is 2.68 bits per heavy atom. The van der Waals surface area contributed by atoms with Crippen LogP contribution in [0.2, 0.25) is 0 Å². The van der Waals surface area contributed by atoms with Gasteiger partial charge in [-0.3, -0.25) is 19.3 Å². The van der Waals surface area contributed by atoms with E-state index in [1.54, 1.807) is 4.90 Å². The molecule has 3 atom stereocenters. The van der Waals surface area contributed by atoms with Crippen LogP contribution in [0.4, 0.5) is 9.93 Å². The largest absolute Gasteiger partial charge is 0.519 e. The molecular formula is C26H26N8O11S2. The molecule has 0 unspecified atom stereocenters. The number of hydrogen-bond acceptors (Lipinski definition) is 16. The summed E-state index contributed by atoms with van der Waals surface area (Å²) in [4.78, 5) is 83.2. The van der Waals surface area contributed by atoms with Crippen molar-refractivity contribution in [3.63, 3.8) is 0 Å². The number of carboxylic acid groups (broad SMARTS) is 1. The number of carboxylic acids is 1. The number of allylic oxidation sites excluding steroid dienone is 1. The molecule has 3 fully saturated rings. The minimum absolute atomic E-state index is 0.0324. The van der Waals surface area contributed by atoms with E-state index in [1.807, 2.05) is 0 Å². The van der Waals surface area contributed by atoms with E-state index in [1.165, 1.54) is 29.7 Å². The van der Waals surface area contributed by atoms with Crippen molar-refractivity contribution in [2.75, 3.05) is 31.1 Å². The number of amides is 4. The maximum Gasteiger partial charge on any atom is 0.519 e. The number of nitrogens with one attached hydrogen (secondary N) is 1. The maximum absolute atomic E-state index is 13.4. The molecule has 4 amide bonds. The second kappa shape index (κ2) is 12.5. The second-order valence-corrected chi connectivity index (χ2v) is 12.6. The number of oxime groups is 1. The van der Waals surface area contributed by atoms with Gasteiger partial charge in [0.1, 0.15) is 17.1 Å². The summed E-state index contributed by atoms with van der Waals surface area (Å²) in [7, 11) is 0. The van der Waals surface area contributed by atoms with Crippen molar-refractivity contribution in [3.05, 3.63) is 50.9 Å². The van der Waals surface area contributed by atoms with Crippen LogP contribution in [-0.4, -0.2) is 113 Å². The van der Waals surface area contributed by atoms with Gasteiger partial charge in [0.05, 0.1) is 6.04 Å². The fourth-order valence-electron chi connectivity index (χ4n) is 5.70. The monoisotopic (exact) mass is 690 g/mol. The molecule has 0 bridgehead atoms. The van der Waals surface area contributed by atoms with Crippen LogP contribution in [0.5, 0.6) is 0 Å². The second-order valence-electron chi connectivity index (χ2n) is 10.7. The number of β-lactam (4-membered cyclic amide) rings is 1. The van der Waals surface area contributed by atoms with Gasteiger partial charge in [-0.25, -0.2) is 14.4 Å². The molecule has 0 saturated carbocycles. The predicted octanol–water partition coefficient (Wildman–Crippen LogP) is -0.538. The highest BCUT2D eigenvalue weighted by Gasteiger charge is 2.54. The van der Waals surface area contributed by atoms with Crippen LogP contribution in [0.15, 0.2) is 41.7 Å². The Kier molecular flexibility index (Phi) is 8.49. The quantitative estimate of drug-likeness (QED) is 0.0891. The summed E-state index contributed by atoms with van der Waals surface area (Å²) >= 11 is 1.97. The van der Waals surface area contributed by atoms with E-state index in [-0.39, 0.29) is 64.6 Å². The zero-order valence-electron chi connectivity index (χ0n) is 24.4. The van der Waals surface area contributed by atoms with Crippen molar-refractivity contribution in [3.8, 4) is 0 Å². The average Bonchev–Trinajstić information content (AvgIpc) is 3.83. The first kappa shape index (κ1) is 31.8. The number of aliphatic carboxylic acids is 1. The van der Waals surface area contributed by atoms with Crippen LogP contribution in [0, 0.1) is 6.92 Å². The summed E-state index contributed by atoms with van der Waals surface area (Å²) in [5, 5.41) is 24.0. The molecule has 2 aromatic rings. The Bertz CT molecular complexity index is 1830. The zero-order chi connectivity index (χ0) is 33.6. The summed E-state index contributed by atoms with van der Waals surface area (Å²) in [6.45, 7) is 2.14. The van der Waals surface area contributed by atoms with E-state index in [2.05, 4.69) is 19.8 Å². The molecule has 0 aliphatic carbocycles. The first-order valence-corrected chi connectivity index (χ1v) is 15.8. The van der Waals surface area contributed by atoms with E-state index in [0.29, 0.717) is 31.5 Å². The lowest BCUT2D eigenvalue weighted by molar-refractivity contribution is -0.150.